The first-order valence-electron chi connectivity index (χ1n) is 5.41. The molecule has 16 heavy (non-hydrogen) atoms. The second kappa shape index (κ2) is 4.13. The Balaban J connectivity index is 2.17. The summed E-state index contributed by atoms with van der Waals surface area (Å²) in [5, 5.41) is 0. The predicted molar refractivity (Wildman–Crippen MR) is 66.0 cm³/mol. The molecule has 1 aliphatic heterocycles. The number of fused-ring (bicyclic) bond motifs is 1. The molecule has 0 fully saturated rings. The highest BCUT2D eigenvalue weighted by Gasteiger charge is 2.33. The molecule has 2 nitrogen and oxygen atoms in total. The van der Waals surface area contributed by atoms with Gasteiger partial charge in [0.1, 0.15) is 5.75 Å². The minimum absolute atomic E-state index is 0.175. The zero-order valence-corrected chi connectivity index (χ0v) is 10.6. The third-order valence-electron chi connectivity index (χ3n) is 2.54. The number of ketones is 1. The van der Waals surface area contributed by atoms with Crippen LogP contribution in [0.1, 0.15) is 20.8 Å². The number of para-hydroxylation sites is 1. The summed E-state index contributed by atoms with van der Waals surface area (Å²) in [4.78, 5) is 13.2. The maximum Gasteiger partial charge on any atom is 0.179 e. The molecule has 0 N–H and O–H groups in total. The van der Waals surface area contributed by atoms with Crippen molar-refractivity contribution in [2.75, 3.05) is 5.75 Å². The number of carbonyl (C=O) groups is 1. The van der Waals surface area contributed by atoms with Crippen molar-refractivity contribution in [1.29, 1.82) is 0 Å². The van der Waals surface area contributed by atoms with Crippen LogP contribution in [0.2, 0.25) is 0 Å². The standard InChI is InChI=1S/C13H16O2S/c1-13(2,3)12(14)10-8-16-11-7-5-4-6-9(11)15-10/h4-7,10H,8H2,1-3H3. The Hall–Kier alpha value is -0.960. The van der Waals surface area contributed by atoms with Gasteiger partial charge in [0.05, 0.1) is 0 Å². The molecule has 0 spiro atoms. The lowest BCUT2D eigenvalue weighted by atomic mass is 9.88. The Kier molecular flexibility index (Phi) is 2.98. The highest BCUT2D eigenvalue weighted by atomic mass is 32.2. The van der Waals surface area contributed by atoms with Gasteiger partial charge in [-0.1, -0.05) is 32.9 Å². The lowest BCUT2D eigenvalue weighted by Crippen LogP contribution is -2.39. The number of benzene rings is 1. The highest BCUT2D eigenvalue weighted by molar-refractivity contribution is 7.99. The average Bonchev–Trinajstić information content (AvgIpc) is 2.26. The van der Waals surface area contributed by atoms with Crippen molar-refractivity contribution in [3.05, 3.63) is 24.3 Å². The second-order valence-corrected chi connectivity index (χ2v) is 6.04. The molecule has 2 rings (SSSR count). The van der Waals surface area contributed by atoms with Crippen LogP contribution >= 0.6 is 11.8 Å². The normalized spacial score (nSPS) is 19.8. The molecule has 0 bridgehead atoms. The summed E-state index contributed by atoms with van der Waals surface area (Å²) < 4.78 is 5.75. The summed E-state index contributed by atoms with van der Waals surface area (Å²) in [6.45, 7) is 5.80. The summed E-state index contributed by atoms with van der Waals surface area (Å²) in [5.74, 6) is 1.73. The third kappa shape index (κ3) is 2.24. The molecule has 1 aromatic carbocycles. The van der Waals surface area contributed by atoms with Gasteiger partial charge in [-0.15, -0.1) is 11.8 Å². The molecule has 1 heterocycles. The maximum atomic E-state index is 12.1. The van der Waals surface area contributed by atoms with E-state index in [0.717, 1.165) is 10.6 Å². The van der Waals surface area contributed by atoms with Gasteiger partial charge < -0.3 is 4.74 Å². The summed E-state index contributed by atoms with van der Waals surface area (Å²) in [7, 11) is 0. The highest BCUT2D eigenvalue weighted by Crippen LogP contribution is 2.36. The zero-order chi connectivity index (χ0) is 11.8. The van der Waals surface area contributed by atoms with E-state index in [4.69, 9.17) is 4.74 Å². The molecule has 0 aromatic heterocycles. The number of rotatable bonds is 1. The first kappa shape index (κ1) is 11.5. The van der Waals surface area contributed by atoms with Crippen LogP contribution in [0, 0.1) is 5.41 Å². The van der Waals surface area contributed by atoms with Crippen molar-refractivity contribution in [3.63, 3.8) is 0 Å². The van der Waals surface area contributed by atoms with E-state index in [1.807, 2.05) is 45.0 Å². The van der Waals surface area contributed by atoms with E-state index in [1.54, 1.807) is 11.8 Å². The van der Waals surface area contributed by atoms with Crippen LogP contribution < -0.4 is 4.74 Å². The SMILES string of the molecule is CC(C)(C)C(=O)C1CSc2ccccc2O1. The topological polar surface area (TPSA) is 26.3 Å². The zero-order valence-electron chi connectivity index (χ0n) is 9.82. The molecule has 0 amide bonds. The molecule has 0 radical (unpaired) electrons. The van der Waals surface area contributed by atoms with E-state index in [0.29, 0.717) is 5.75 Å². The van der Waals surface area contributed by atoms with Crippen LogP contribution in [-0.2, 0) is 4.79 Å². The van der Waals surface area contributed by atoms with Crippen LogP contribution in [-0.4, -0.2) is 17.6 Å². The summed E-state index contributed by atoms with van der Waals surface area (Å²) in [6.07, 6.45) is -0.306. The Morgan fingerprint density at radius 3 is 2.75 bits per heavy atom. The molecule has 0 saturated heterocycles. The van der Waals surface area contributed by atoms with E-state index in [9.17, 15) is 4.79 Å². The number of hydrogen-bond donors (Lipinski definition) is 0. The molecule has 0 saturated carbocycles. The van der Waals surface area contributed by atoms with E-state index < -0.39 is 0 Å². The molecule has 1 unspecified atom stereocenters. The fourth-order valence-corrected chi connectivity index (χ4v) is 2.62. The van der Waals surface area contributed by atoms with Gasteiger partial charge in [-0.3, -0.25) is 4.79 Å². The number of ether oxygens (including phenoxy) is 1. The fourth-order valence-electron chi connectivity index (χ4n) is 1.63. The van der Waals surface area contributed by atoms with Gasteiger partial charge >= 0.3 is 0 Å². The van der Waals surface area contributed by atoms with Gasteiger partial charge in [0.25, 0.3) is 0 Å². The minimum atomic E-state index is -0.336. The average molecular weight is 236 g/mol. The van der Waals surface area contributed by atoms with Gasteiger partial charge in [0.15, 0.2) is 11.9 Å². The smallest absolute Gasteiger partial charge is 0.179 e. The van der Waals surface area contributed by atoms with Gasteiger partial charge in [-0.25, -0.2) is 0 Å². The first-order chi connectivity index (χ1) is 7.48. The van der Waals surface area contributed by atoms with Crippen molar-refractivity contribution >= 4 is 17.5 Å². The predicted octanol–water partition coefficient (Wildman–Crippen LogP) is 3.15. The van der Waals surface area contributed by atoms with Gasteiger partial charge in [-0.05, 0) is 12.1 Å². The van der Waals surface area contributed by atoms with Gasteiger partial charge in [-0.2, -0.15) is 0 Å². The van der Waals surface area contributed by atoms with E-state index in [2.05, 4.69) is 0 Å². The lowest BCUT2D eigenvalue weighted by molar-refractivity contribution is -0.132. The Labute approximate surface area is 100 Å². The molecule has 3 heteroatoms. The summed E-state index contributed by atoms with van der Waals surface area (Å²) >= 11 is 1.70. The molecule has 1 aliphatic rings. The number of thioether (sulfide) groups is 1. The van der Waals surface area contributed by atoms with Gasteiger partial charge in [0, 0.05) is 16.1 Å². The summed E-state index contributed by atoms with van der Waals surface area (Å²) in [5.41, 5.74) is -0.336. The maximum absolute atomic E-state index is 12.1. The number of carbonyl (C=O) groups excluding carboxylic acids is 1. The molecule has 1 aromatic rings. The van der Waals surface area contributed by atoms with E-state index in [1.165, 1.54) is 0 Å². The third-order valence-corrected chi connectivity index (χ3v) is 3.66. The van der Waals surface area contributed by atoms with Crippen LogP contribution in [0.4, 0.5) is 0 Å². The molecular weight excluding hydrogens is 220 g/mol. The largest absolute Gasteiger partial charge is 0.481 e. The van der Waals surface area contributed by atoms with Crippen LogP contribution in [0.25, 0.3) is 0 Å². The molecule has 86 valence electrons. The second-order valence-electron chi connectivity index (χ2n) is 4.98. The quantitative estimate of drug-likeness (QED) is 0.749. The molecular formula is C13H16O2S. The van der Waals surface area contributed by atoms with Crippen LogP contribution in [0.5, 0.6) is 5.75 Å². The van der Waals surface area contributed by atoms with E-state index in [-0.39, 0.29) is 17.3 Å². The number of Topliss-reactive ketones (excluding diaryl/α,β-unsaturated/α-hetero) is 1. The van der Waals surface area contributed by atoms with E-state index >= 15 is 0 Å². The van der Waals surface area contributed by atoms with Gasteiger partial charge in [0.2, 0.25) is 0 Å². The van der Waals surface area contributed by atoms with Crippen molar-refractivity contribution in [1.82, 2.24) is 0 Å². The monoisotopic (exact) mass is 236 g/mol. The van der Waals surface area contributed by atoms with Crippen molar-refractivity contribution < 1.29 is 9.53 Å². The Morgan fingerprint density at radius 2 is 2.06 bits per heavy atom. The fraction of sp³-hybridized carbons (Fsp3) is 0.462. The molecule has 1 atom stereocenters. The summed E-state index contributed by atoms with van der Waals surface area (Å²) in [6, 6.07) is 7.87. The Bertz CT molecular complexity index is 407. The number of hydrogen-bond acceptors (Lipinski definition) is 3. The van der Waals surface area contributed by atoms with Crippen molar-refractivity contribution in [2.45, 2.75) is 31.8 Å². The van der Waals surface area contributed by atoms with Crippen molar-refractivity contribution in [2.24, 2.45) is 5.41 Å². The van der Waals surface area contributed by atoms with Crippen LogP contribution in [0.15, 0.2) is 29.2 Å². The Morgan fingerprint density at radius 1 is 1.38 bits per heavy atom. The minimum Gasteiger partial charge on any atom is -0.481 e. The molecule has 0 aliphatic carbocycles. The van der Waals surface area contributed by atoms with Crippen LogP contribution in [0.3, 0.4) is 0 Å². The first-order valence-corrected chi connectivity index (χ1v) is 6.40. The van der Waals surface area contributed by atoms with Crippen molar-refractivity contribution in [3.8, 4) is 5.75 Å². The lowest BCUT2D eigenvalue weighted by Gasteiger charge is -2.29.